The van der Waals surface area contributed by atoms with Gasteiger partial charge in [0.15, 0.2) is 4.34 Å². The molecule has 8 heteroatoms. The van der Waals surface area contributed by atoms with Crippen molar-refractivity contribution in [1.29, 1.82) is 0 Å². The molecule has 122 valence electrons. The normalized spacial score (nSPS) is 10.1. The molecule has 0 saturated carbocycles. The van der Waals surface area contributed by atoms with Crippen LogP contribution in [0.15, 0.2) is 41.3 Å². The number of ether oxygens (including phenoxy) is 1. The molecule has 1 aromatic heterocycles. The Morgan fingerprint density at radius 2 is 2.17 bits per heavy atom. The van der Waals surface area contributed by atoms with Crippen LogP contribution in [0.4, 0.5) is 5.13 Å². The summed E-state index contributed by atoms with van der Waals surface area (Å²) in [6.45, 7) is 4.76. The first-order valence-corrected chi connectivity index (χ1v) is 8.72. The van der Waals surface area contributed by atoms with Gasteiger partial charge in [0, 0.05) is 13.1 Å². The minimum absolute atomic E-state index is 0.0402. The van der Waals surface area contributed by atoms with Gasteiger partial charge < -0.3 is 15.4 Å². The summed E-state index contributed by atoms with van der Waals surface area (Å²) in [6.07, 6.45) is 1.75. The number of hydrogen-bond acceptors (Lipinski definition) is 7. The van der Waals surface area contributed by atoms with E-state index < -0.39 is 0 Å². The summed E-state index contributed by atoms with van der Waals surface area (Å²) in [7, 11) is 1.62. The standard InChI is InChI=1S/C15H18N4O2S2/c1-3-8-16-14-18-19-15(23-14)22-10-13(20)17-9-11-4-6-12(21-2)7-5-11/h3-7H,1,8-10H2,2H3,(H,16,18)(H,17,20). The molecule has 0 bridgehead atoms. The molecule has 2 N–H and O–H groups in total. The van der Waals surface area contributed by atoms with Crippen LogP contribution in [-0.4, -0.2) is 35.5 Å². The topological polar surface area (TPSA) is 76.1 Å². The second-order valence-electron chi connectivity index (χ2n) is 4.46. The lowest BCUT2D eigenvalue weighted by atomic mass is 10.2. The van der Waals surface area contributed by atoms with Crippen molar-refractivity contribution < 1.29 is 9.53 Å². The number of aromatic nitrogens is 2. The van der Waals surface area contributed by atoms with E-state index in [2.05, 4.69) is 27.4 Å². The molecule has 0 aliphatic rings. The number of thioether (sulfide) groups is 1. The summed E-state index contributed by atoms with van der Waals surface area (Å²) in [4.78, 5) is 11.9. The van der Waals surface area contributed by atoms with E-state index in [-0.39, 0.29) is 5.91 Å². The zero-order valence-corrected chi connectivity index (χ0v) is 14.4. The van der Waals surface area contributed by atoms with Crippen molar-refractivity contribution in [2.24, 2.45) is 0 Å². The van der Waals surface area contributed by atoms with Gasteiger partial charge in [0.05, 0.1) is 12.9 Å². The van der Waals surface area contributed by atoms with Crippen molar-refractivity contribution in [2.75, 3.05) is 24.7 Å². The molecular weight excluding hydrogens is 332 g/mol. The van der Waals surface area contributed by atoms with Gasteiger partial charge in [0.2, 0.25) is 11.0 Å². The summed E-state index contributed by atoms with van der Waals surface area (Å²) >= 11 is 2.79. The average Bonchev–Trinajstić information content (AvgIpc) is 3.04. The molecule has 0 radical (unpaired) electrons. The molecule has 2 aromatic rings. The zero-order chi connectivity index (χ0) is 16.5. The van der Waals surface area contributed by atoms with E-state index in [0.29, 0.717) is 18.8 Å². The highest BCUT2D eigenvalue weighted by Gasteiger charge is 2.07. The van der Waals surface area contributed by atoms with Crippen molar-refractivity contribution in [3.8, 4) is 5.75 Å². The first-order valence-electron chi connectivity index (χ1n) is 6.92. The number of rotatable bonds is 9. The first kappa shape index (κ1) is 17.3. The highest BCUT2D eigenvalue weighted by Crippen LogP contribution is 2.25. The predicted octanol–water partition coefficient (Wildman–Crippen LogP) is 2.55. The summed E-state index contributed by atoms with van der Waals surface area (Å²) in [5.74, 6) is 1.07. The maximum atomic E-state index is 11.9. The third-order valence-electron chi connectivity index (χ3n) is 2.78. The Morgan fingerprint density at radius 3 is 2.87 bits per heavy atom. The second-order valence-corrected chi connectivity index (χ2v) is 6.66. The smallest absolute Gasteiger partial charge is 0.230 e. The third-order valence-corrected chi connectivity index (χ3v) is 4.79. The lowest BCUT2D eigenvalue weighted by Crippen LogP contribution is -2.24. The number of nitrogens with one attached hydrogen (secondary N) is 2. The number of amides is 1. The SMILES string of the molecule is C=CCNc1nnc(SCC(=O)NCc2ccc(OC)cc2)s1. The molecule has 0 atom stereocenters. The van der Waals surface area contributed by atoms with Gasteiger partial charge in [0.1, 0.15) is 5.75 Å². The molecule has 1 heterocycles. The van der Waals surface area contributed by atoms with E-state index in [1.165, 1.54) is 23.1 Å². The molecule has 6 nitrogen and oxygen atoms in total. The molecule has 0 unspecified atom stereocenters. The summed E-state index contributed by atoms with van der Waals surface area (Å²) in [5.41, 5.74) is 1.02. The molecule has 23 heavy (non-hydrogen) atoms. The van der Waals surface area contributed by atoms with Crippen LogP contribution < -0.4 is 15.4 Å². The number of benzene rings is 1. The van der Waals surface area contributed by atoms with Gasteiger partial charge in [-0.15, -0.1) is 16.8 Å². The van der Waals surface area contributed by atoms with E-state index in [1.54, 1.807) is 13.2 Å². The van der Waals surface area contributed by atoms with Crippen LogP contribution in [-0.2, 0) is 11.3 Å². The zero-order valence-electron chi connectivity index (χ0n) is 12.7. The maximum Gasteiger partial charge on any atom is 0.230 e. The monoisotopic (exact) mass is 350 g/mol. The highest BCUT2D eigenvalue weighted by molar-refractivity contribution is 8.01. The van der Waals surface area contributed by atoms with E-state index >= 15 is 0 Å². The Kier molecular flexibility index (Phi) is 6.89. The van der Waals surface area contributed by atoms with Gasteiger partial charge >= 0.3 is 0 Å². The summed E-state index contributed by atoms with van der Waals surface area (Å²) in [6, 6.07) is 7.59. The number of carbonyl (C=O) groups excluding carboxylic acids is 1. The Morgan fingerprint density at radius 1 is 1.39 bits per heavy atom. The lowest BCUT2D eigenvalue weighted by Gasteiger charge is -2.05. The molecular formula is C15H18N4O2S2. The summed E-state index contributed by atoms with van der Waals surface area (Å²) < 4.78 is 5.86. The molecule has 1 amide bonds. The Labute approximate surface area is 143 Å². The fourth-order valence-corrected chi connectivity index (χ4v) is 3.21. The van der Waals surface area contributed by atoms with E-state index in [0.717, 1.165) is 20.8 Å². The van der Waals surface area contributed by atoms with Crippen molar-refractivity contribution in [3.63, 3.8) is 0 Å². The molecule has 0 aliphatic carbocycles. The van der Waals surface area contributed by atoms with Gasteiger partial charge in [0.25, 0.3) is 0 Å². The third kappa shape index (κ3) is 5.91. The van der Waals surface area contributed by atoms with Crippen molar-refractivity contribution >= 4 is 34.1 Å². The number of methoxy groups -OCH3 is 1. The van der Waals surface area contributed by atoms with Gasteiger partial charge in [-0.3, -0.25) is 4.79 Å². The van der Waals surface area contributed by atoms with Crippen LogP contribution >= 0.6 is 23.1 Å². The van der Waals surface area contributed by atoms with E-state index in [9.17, 15) is 4.79 Å². The van der Waals surface area contributed by atoms with Crippen LogP contribution in [0.2, 0.25) is 0 Å². The first-order chi connectivity index (χ1) is 11.2. The molecule has 1 aromatic carbocycles. The van der Waals surface area contributed by atoms with Crippen LogP contribution in [0.3, 0.4) is 0 Å². The lowest BCUT2D eigenvalue weighted by molar-refractivity contribution is -0.118. The van der Waals surface area contributed by atoms with Crippen LogP contribution in [0.5, 0.6) is 5.75 Å². The fourth-order valence-electron chi connectivity index (χ4n) is 1.62. The largest absolute Gasteiger partial charge is 0.497 e. The van der Waals surface area contributed by atoms with Crippen molar-refractivity contribution in [1.82, 2.24) is 15.5 Å². The fraction of sp³-hybridized carbons (Fsp3) is 0.267. The van der Waals surface area contributed by atoms with Gasteiger partial charge in [-0.05, 0) is 17.7 Å². The number of anilines is 1. The Balaban J connectivity index is 1.71. The van der Waals surface area contributed by atoms with Gasteiger partial charge in [-0.2, -0.15) is 0 Å². The second kappa shape index (κ2) is 9.16. The Bertz CT molecular complexity index is 643. The van der Waals surface area contributed by atoms with Gasteiger partial charge in [-0.25, -0.2) is 0 Å². The molecule has 0 aliphatic heterocycles. The van der Waals surface area contributed by atoms with Crippen molar-refractivity contribution in [2.45, 2.75) is 10.9 Å². The van der Waals surface area contributed by atoms with Crippen molar-refractivity contribution in [3.05, 3.63) is 42.5 Å². The van der Waals surface area contributed by atoms with E-state index in [4.69, 9.17) is 4.74 Å². The van der Waals surface area contributed by atoms with Crippen LogP contribution in [0, 0.1) is 0 Å². The predicted molar refractivity (Wildman–Crippen MR) is 94.2 cm³/mol. The summed E-state index contributed by atoms with van der Waals surface area (Å²) in [5, 5.41) is 14.7. The quantitative estimate of drug-likeness (QED) is 0.535. The van der Waals surface area contributed by atoms with Gasteiger partial charge in [-0.1, -0.05) is 41.3 Å². The molecule has 0 fully saturated rings. The Hall–Kier alpha value is -2.06. The number of carbonyl (C=O) groups is 1. The maximum absolute atomic E-state index is 11.9. The number of nitrogens with zero attached hydrogens (tertiary/aromatic N) is 2. The molecule has 0 saturated heterocycles. The molecule has 2 rings (SSSR count). The van der Waals surface area contributed by atoms with Crippen LogP contribution in [0.1, 0.15) is 5.56 Å². The number of hydrogen-bond donors (Lipinski definition) is 2. The average molecular weight is 350 g/mol. The minimum Gasteiger partial charge on any atom is -0.497 e. The minimum atomic E-state index is -0.0402. The van der Waals surface area contributed by atoms with Crippen LogP contribution in [0.25, 0.3) is 0 Å². The highest BCUT2D eigenvalue weighted by atomic mass is 32.2. The van der Waals surface area contributed by atoms with E-state index in [1.807, 2.05) is 24.3 Å². The molecule has 0 spiro atoms.